The smallest absolute Gasteiger partial charge is 0.266 e. The van der Waals surface area contributed by atoms with Crippen molar-refractivity contribution in [2.75, 3.05) is 5.75 Å². The van der Waals surface area contributed by atoms with Crippen LogP contribution in [0.1, 0.15) is 10.4 Å². The molecular weight excluding hydrogens is 436 g/mol. The minimum Gasteiger partial charge on any atom is -0.293 e. The van der Waals surface area contributed by atoms with Crippen LogP contribution in [0.4, 0.5) is 0 Å². The fourth-order valence-corrected chi connectivity index (χ4v) is 3.76. The number of para-hydroxylation sites is 2. The second-order valence-electron chi connectivity index (χ2n) is 5.97. The number of carbonyl (C=O) groups excluding carboxylic acids is 1. The number of fused-ring (bicyclic) bond motifs is 1. The topological polar surface area (TPSA) is 52.0 Å². The van der Waals surface area contributed by atoms with Gasteiger partial charge in [-0.05, 0) is 24.3 Å². The third kappa shape index (κ3) is 4.08. The largest absolute Gasteiger partial charge is 0.293 e. The van der Waals surface area contributed by atoms with Gasteiger partial charge in [-0.2, -0.15) is 0 Å². The minimum absolute atomic E-state index is 0. The minimum atomic E-state index is -0.138. The van der Waals surface area contributed by atoms with Gasteiger partial charge in [0.25, 0.3) is 5.56 Å². The first-order valence-corrected chi connectivity index (χ1v) is 9.51. The molecule has 140 valence electrons. The van der Waals surface area contributed by atoms with Gasteiger partial charge in [-0.3, -0.25) is 14.2 Å². The number of hydrogen-bond donors (Lipinski definition) is 0. The zero-order valence-corrected chi connectivity index (χ0v) is 17.3. The van der Waals surface area contributed by atoms with Crippen molar-refractivity contribution >= 4 is 45.4 Å². The van der Waals surface area contributed by atoms with Gasteiger partial charge in [0.05, 0.1) is 22.3 Å². The summed E-state index contributed by atoms with van der Waals surface area (Å²) in [5, 5.41) is 1.06. The number of thioether (sulfide) groups is 1. The van der Waals surface area contributed by atoms with Gasteiger partial charge in [0.15, 0.2) is 10.9 Å². The molecule has 28 heavy (non-hydrogen) atoms. The quantitative estimate of drug-likeness (QED) is 0.244. The van der Waals surface area contributed by atoms with Crippen LogP contribution in [0.3, 0.4) is 0 Å². The lowest BCUT2D eigenvalue weighted by Gasteiger charge is -2.13. The van der Waals surface area contributed by atoms with E-state index in [2.05, 4.69) is 4.98 Å². The summed E-state index contributed by atoms with van der Waals surface area (Å²) in [7, 11) is 0. The summed E-state index contributed by atoms with van der Waals surface area (Å²) in [5.74, 6) is 0.212. The first-order valence-electron chi connectivity index (χ1n) is 8.52. The first kappa shape index (κ1) is 20.0. The van der Waals surface area contributed by atoms with Gasteiger partial charge in [0.2, 0.25) is 0 Å². The van der Waals surface area contributed by atoms with E-state index in [0.29, 0.717) is 21.6 Å². The molecule has 0 aliphatic heterocycles. The summed E-state index contributed by atoms with van der Waals surface area (Å²) in [6, 6.07) is 25.8. The molecule has 0 radical (unpaired) electrons. The maximum absolute atomic E-state index is 13.1. The van der Waals surface area contributed by atoms with Crippen LogP contribution < -0.4 is 5.56 Å². The Morgan fingerprint density at radius 3 is 2.18 bits per heavy atom. The lowest BCUT2D eigenvalue weighted by Crippen LogP contribution is -2.22. The van der Waals surface area contributed by atoms with Crippen LogP contribution in [0.2, 0.25) is 0 Å². The van der Waals surface area contributed by atoms with Crippen LogP contribution in [-0.2, 0) is 0 Å². The number of aromatic nitrogens is 2. The highest BCUT2D eigenvalue weighted by Crippen LogP contribution is 2.22. The number of hydrogen-bond acceptors (Lipinski definition) is 4. The van der Waals surface area contributed by atoms with E-state index in [9.17, 15) is 9.59 Å². The molecule has 0 atom stereocenters. The molecule has 0 aliphatic carbocycles. The zero-order chi connectivity index (χ0) is 18.6. The second kappa shape index (κ2) is 8.99. The van der Waals surface area contributed by atoms with E-state index in [4.69, 9.17) is 0 Å². The molecule has 3 aromatic carbocycles. The van der Waals surface area contributed by atoms with E-state index in [1.165, 1.54) is 11.8 Å². The van der Waals surface area contributed by atoms with E-state index >= 15 is 0 Å². The first-order chi connectivity index (χ1) is 13.2. The lowest BCUT2D eigenvalue weighted by atomic mass is 10.2. The Balaban J connectivity index is 0.00000225. The highest BCUT2D eigenvalue weighted by atomic mass is 79.9. The SMILES string of the molecule is Br.O=C(CSc1nc2ccccc2c(=O)n1-c1ccccc1)c1ccccc1. The van der Waals surface area contributed by atoms with Gasteiger partial charge in [-0.15, -0.1) is 17.0 Å². The molecule has 4 nitrogen and oxygen atoms in total. The van der Waals surface area contributed by atoms with Crippen molar-refractivity contribution in [2.45, 2.75) is 5.16 Å². The lowest BCUT2D eigenvalue weighted by molar-refractivity contribution is 0.102. The Bertz CT molecular complexity index is 1160. The number of halogens is 1. The predicted molar refractivity (Wildman–Crippen MR) is 119 cm³/mol. The summed E-state index contributed by atoms with van der Waals surface area (Å²) < 4.78 is 1.57. The Morgan fingerprint density at radius 2 is 1.46 bits per heavy atom. The molecule has 0 N–H and O–H groups in total. The predicted octanol–water partition coefficient (Wildman–Crippen LogP) is 4.94. The summed E-state index contributed by atoms with van der Waals surface area (Å²) in [5.41, 5.74) is 1.88. The van der Waals surface area contributed by atoms with Crippen molar-refractivity contribution in [3.05, 3.63) is 101 Å². The van der Waals surface area contributed by atoms with E-state index in [0.717, 1.165) is 5.69 Å². The highest BCUT2D eigenvalue weighted by molar-refractivity contribution is 8.93. The average molecular weight is 453 g/mol. The van der Waals surface area contributed by atoms with Crippen molar-refractivity contribution in [2.24, 2.45) is 0 Å². The fourth-order valence-electron chi connectivity index (χ4n) is 2.85. The fraction of sp³-hybridized carbons (Fsp3) is 0.0455. The highest BCUT2D eigenvalue weighted by Gasteiger charge is 2.15. The van der Waals surface area contributed by atoms with Crippen molar-refractivity contribution in [3.8, 4) is 5.69 Å². The monoisotopic (exact) mass is 452 g/mol. The molecule has 0 spiro atoms. The number of ketones is 1. The van der Waals surface area contributed by atoms with Crippen molar-refractivity contribution in [1.82, 2.24) is 9.55 Å². The van der Waals surface area contributed by atoms with Crippen LogP contribution in [0.5, 0.6) is 0 Å². The number of nitrogens with zero attached hydrogens (tertiary/aromatic N) is 2. The van der Waals surface area contributed by atoms with Crippen LogP contribution in [0.25, 0.3) is 16.6 Å². The molecule has 6 heteroatoms. The summed E-state index contributed by atoms with van der Waals surface area (Å²) in [6.07, 6.45) is 0. The summed E-state index contributed by atoms with van der Waals surface area (Å²) >= 11 is 1.28. The summed E-state index contributed by atoms with van der Waals surface area (Å²) in [4.78, 5) is 30.2. The van der Waals surface area contributed by atoms with Crippen LogP contribution >= 0.6 is 28.7 Å². The molecule has 0 amide bonds. The molecule has 1 aromatic heterocycles. The molecule has 0 aliphatic rings. The second-order valence-corrected chi connectivity index (χ2v) is 6.91. The molecule has 4 rings (SSSR count). The van der Waals surface area contributed by atoms with Gasteiger partial charge in [-0.25, -0.2) is 4.98 Å². The molecule has 4 aromatic rings. The Hall–Kier alpha value is -2.70. The van der Waals surface area contributed by atoms with E-state index < -0.39 is 0 Å². The molecule has 0 bridgehead atoms. The van der Waals surface area contributed by atoms with Crippen LogP contribution in [-0.4, -0.2) is 21.1 Å². The molecule has 0 saturated heterocycles. The number of rotatable bonds is 5. The molecule has 0 unspecified atom stereocenters. The Morgan fingerprint density at radius 1 is 0.857 bits per heavy atom. The van der Waals surface area contributed by atoms with Gasteiger partial charge in [0.1, 0.15) is 0 Å². The van der Waals surface area contributed by atoms with Crippen molar-refractivity contribution in [3.63, 3.8) is 0 Å². The molecule has 1 heterocycles. The van der Waals surface area contributed by atoms with Crippen molar-refractivity contribution < 1.29 is 4.79 Å². The van der Waals surface area contributed by atoms with E-state index in [-0.39, 0.29) is 34.1 Å². The maximum Gasteiger partial charge on any atom is 0.266 e. The summed E-state index contributed by atoms with van der Waals surface area (Å²) in [6.45, 7) is 0. The van der Waals surface area contributed by atoms with Gasteiger partial charge >= 0.3 is 0 Å². The van der Waals surface area contributed by atoms with Crippen LogP contribution in [0, 0.1) is 0 Å². The standard InChI is InChI=1S/C22H16N2O2S.BrH/c25-20(16-9-3-1-4-10-16)15-27-22-23-19-14-8-7-13-18(19)21(26)24(22)17-11-5-2-6-12-17;/h1-14H,15H2;1H. The average Bonchev–Trinajstić information content (AvgIpc) is 2.73. The Kier molecular flexibility index (Phi) is 6.44. The van der Waals surface area contributed by atoms with E-state index in [1.54, 1.807) is 22.8 Å². The molecular formula is C22H17BrN2O2S. The van der Waals surface area contributed by atoms with E-state index in [1.807, 2.05) is 66.7 Å². The third-order valence-corrected chi connectivity index (χ3v) is 5.13. The van der Waals surface area contributed by atoms with Gasteiger partial charge < -0.3 is 0 Å². The zero-order valence-electron chi connectivity index (χ0n) is 14.8. The van der Waals surface area contributed by atoms with Gasteiger partial charge in [0, 0.05) is 5.56 Å². The normalized spacial score (nSPS) is 10.4. The number of carbonyl (C=O) groups is 1. The third-order valence-electron chi connectivity index (χ3n) is 4.19. The molecule has 0 fully saturated rings. The van der Waals surface area contributed by atoms with Gasteiger partial charge in [-0.1, -0.05) is 72.4 Å². The maximum atomic E-state index is 13.1. The molecule has 0 saturated carbocycles. The van der Waals surface area contributed by atoms with Crippen molar-refractivity contribution in [1.29, 1.82) is 0 Å². The number of Topliss-reactive ketones (excluding diaryl/α,β-unsaturated/α-hetero) is 1. The Labute approximate surface area is 177 Å². The van der Waals surface area contributed by atoms with Crippen LogP contribution in [0.15, 0.2) is 94.9 Å². The number of benzene rings is 3.